The van der Waals surface area contributed by atoms with Crippen molar-refractivity contribution in [1.29, 1.82) is 0 Å². The maximum absolute atomic E-state index is 5.42. The molecule has 1 saturated heterocycles. The molecule has 158 valence electrons. The Labute approximate surface area is 174 Å². The lowest BCUT2D eigenvalue weighted by atomic mass is 9.76. The zero-order valence-electron chi connectivity index (χ0n) is 18.4. The number of morpholine rings is 1. The van der Waals surface area contributed by atoms with Gasteiger partial charge in [0.2, 0.25) is 0 Å². The van der Waals surface area contributed by atoms with Crippen molar-refractivity contribution in [2.45, 2.75) is 58.0 Å². The van der Waals surface area contributed by atoms with Crippen molar-refractivity contribution >= 4 is 5.82 Å². The van der Waals surface area contributed by atoms with E-state index in [4.69, 9.17) is 19.4 Å². The van der Waals surface area contributed by atoms with Gasteiger partial charge in [-0.15, -0.1) is 0 Å². The number of aromatic nitrogens is 3. The molecule has 2 aromatic heterocycles. The van der Waals surface area contributed by atoms with Gasteiger partial charge >= 0.3 is 0 Å². The van der Waals surface area contributed by atoms with Crippen LogP contribution in [0.4, 0.5) is 5.82 Å². The van der Waals surface area contributed by atoms with Crippen molar-refractivity contribution in [3.63, 3.8) is 0 Å². The van der Waals surface area contributed by atoms with Crippen LogP contribution >= 0.6 is 0 Å². The summed E-state index contributed by atoms with van der Waals surface area (Å²) < 4.78 is 10.7. The Hall–Kier alpha value is -2.05. The zero-order chi connectivity index (χ0) is 20.9. The first-order valence-electron chi connectivity index (χ1n) is 10.4. The van der Waals surface area contributed by atoms with Crippen LogP contribution in [-0.2, 0) is 26.9 Å². The van der Waals surface area contributed by atoms with Gasteiger partial charge in [0, 0.05) is 36.7 Å². The lowest BCUT2D eigenvalue weighted by molar-refractivity contribution is 0.122. The number of hydrogen-bond acceptors (Lipinski definition) is 6. The number of methoxy groups -OCH3 is 1. The third-order valence-corrected chi connectivity index (χ3v) is 5.83. The Balaban J connectivity index is 1.66. The fourth-order valence-electron chi connectivity index (χ4n) is 3.59. The Bertz CT molecular complexity index is 784. The molecule has 0 bridgehead atoms. The van der Waals surface area contributed by atoms with Gasteiger partial charge in [-0.05, 0) is 25.0 Å². The van der Waals surface area contributed by atoms with Gasteiger partial charge in [-0.1, -0.05) is 33.8 Å². The first kappa shape index (κ1) is 21.7. The summed E-state index contributed by atoms with van der Waals surface area (Å²) in [7, 11) is 1.70. The van der Waals surface area contributed by atoms with E-state index in [0.29, 0.717) is 6.61 Å². The van der Waals surface area contributed by atoms with Crippen LogP contribution in [0.5, 0.6) is 0 Å². The largest absolute Gasteiger partial charge is 0.378 e. The topological polar surface area (TPSA) is 60.4 Å². The van der Waals surface area contributed by atoms with Crippen molar-refractivity contribution < 1.29 is 9.47 Å². The molecule has 3 rings (SSSR count). The Morgan fingerprint density at radius 2 is 1.66 bits per heavy atom. The predicted molar refractivity (Wildman–Crippen MR) is 115 cm³/mol. The Morgan fingerprint density at radius 3 is 2.28 bits per heavy atom. The second kappa shape index (κ2) is 9.18. The lowest BCUT2D eigenvalue weighted by Crippen LogP contribution is -2.37. The maximum Gasteiger partial charge on any atom is 0.147 e. The summed E-state index contributed by atoms with van der Waals surface area (Å²) in [5, 5.41) is 0. The highest BCUT2D eigenvalue weighted by molar-refractivity contribution is 5.36. The number of hydrogen-bond donors (Lipinski definition) is 0. The number of rotatable bonds is 8. The molecule has 0 spiro atoms. The van der Waals surface area contributed by atoms with Gasteiger partial charge in [-0.25, -0.2) is 4.98 Å². The fourth-order valence-corrected chi connectivity index (χ4v) is 3.59. The van der Waals surface area contributed by atoms with E-state index in [1.54, 1.807) is 7.11 Å². The van der Waals surface area contributed by atoms with Crippen molar-refractivity contribution in [3.8, 4) is 0 Å². The molecule has 29 heavy (non-hydrogen) atoms. The van der Waals surface area contributed by atoms with Gasteiger partial charge in [0.15, 0.2) is 0 Å². The third kappa shape index (κ3) is 5.52. The second-order valence-electron chi connectivity index (χ2n) is 9.07. The summed E-state index contributed by atoms with van der Waals surface area (Å²) >= 11 is 0. The summed E-state index contributed by atoms with van der Waals surface area (Å²) in [6.07, 6.45) is 5.86. The molecule has 3 heterocycles. The maximum atomic E-state index is 5.42. The molecule has 1 fully saturated rings. The number of pyridine rings is 1. The average molecular weight is 399 g/mol. The van der Waals surface area contributed by atoms with Crippen LogP contribution < -0.4 is 4.90 Å². The molecule has 0 saturated carbocycles. The van der Waals surface area contributed by atoms with E-state index in [9.17, 15) is 0 Å². The predicted octanol–water partition coefficient (Wildman–Crippen LogP) is 3.89. The third-order valence-electron chi connectivity index (χ3n) is 5.83. The van der Waals surface area contributed by atoms with E-state index in [0.717, 1.165) is 62.0 Å². The molecular formula is C23H34N4O2. The van der Waals surface area contributed by atoms with Gasteiger partial charge in [-0.2, -0.15) is 0 Å². The summed E-state index contributed by atoms with van der Waals surface area (Å²) in [5.74, 6) is 0.937. The van der Waals surface area contributed by atoms with Crippen LogP contribution in [0.2, 0.25) is 0 Å². The Kier molecular flexibility index (Phi) is 6.85. The molecule has 6 heteroatoms. The van der Waals surface area contributed by atoms with Crippen molar-refractivity contribution in [1.82, 2.24) is 15.0 Å². The van der Waals surface area contributed by atoms with Crippen molar-refractivity contribution in [2.75, 3.05) is 38.3 Å². The number of nitrogens with zero attached hydrogens (tertiary/aromatic N) is 4. The smallest absolute Gasteiger partial charge is 0.147 e. The van der Waals surface area contributed by atoms with Gasteiger partial charge in [0.05, 0.1) is 43.6 Å². The van der Waals surface area contributed by atoms with Crippen LogP contribution in [-0.4, -0.2) is 48.4 Å². The quantitative estimate of drug-likeness (QED) is 0.672. The molecule has 0 radical (unpaired) electrons. The fraction of sp³-hybridized carbons (Fsp3) is 0.609. The van der Waals surface area contributed by atoms with Crippen LogP contribution in [0.1, 0.15) is 57.6 Å². The van der Waals surface area contributed by atoms with Gasteiger partial charge < -0.3 is 14.4 Å². The minimum atomic E-state index is -0.0576. The minimum absolute atomic E-state index is 0.0256. The molecule has 2 aromatic rings. The van der Waals surface area contributed by atoms with Crippen LogP contribution in [0, 0.1) is 0 Å². The Morgan fingerprint density at radius 1 is 0.966 bits per heavy atom. The number of ether oxygens (including phenoxy) is 2. The molecule has 0 aliphatic carbocycles. The molecule has 0 atom stereocenters. The first-order valence-corrected chi connectivity index (χ1v) is 10.4. The standard InChI is InChI=1S/C23H34N4O2/c1-22(2,19-8-6-7-18(26-19)17-28-5)9-10-23(3,4)20-15-25-21(16-24-20)27-11-13-29-14-12-27/h6-8,15-16H,9-14,17H2,1-5H3. The summed E-state index contributed by atoms with van der Waals surface area (Å²) in [5.41, 5.74) is 3.03. The van der Waals surface area contributed by atoms with E-state index in [1.807, 2.05) is 18.5 Å². The van der Waals surface area contributed by atoms with Gasteiger partial charge in [0.25, 0.3) is 0 Å². The molecular weight excluding hydrogens is 364 g/mol. The van der Waals surface area contributed by atoms with Crippen LogP contribution in [0.25, 0.3) is 0 Å². The monoisotopic (exact) mass is 398 g/mol. The molecule has 0 amide bonds. The molecule has 0 unspecified atom stereocenters. The average Bonchev–Trinajstić information content (AvgIpc) is 2.74. The summed E-state index contributed by atoms with van der Waals surface area (Å²) in [4.78, 5) is 16.5. The first-order chi connectivity index (χ1) is 13.8. The van der Waals surface area contributed by atoms with Crippen molar-refractivity contribution in [3.05, 3.63) is 47.7 Å². The molecule has 0 N–H and O–H groups in total. The van der Waals surface area contributed by atoms with E-state index in [-0.39, 0.29) is 10.8 Å². The SMILES string of the molecule is COCc1cccc(C(C)(C)CCC(C)(C)c2cnc(N3CCOCC3)cn2)n1. The summed E-state index contributed by atoms with van der Waals surface area (Å²) in [6.45, 7) is 12.8. The van der Waals surface area contributed by atoms with E-state index < -0.39 is 0 Å². The van der Waals surface area contributed by atoms with Crippen LogP contribution in [0.15, 0.2) is 30.6 Å². The van der Waals surface area contributed by atoms with Crippen molar-refractivity contribution in [2.24, 2.45) is 0 Å². The zero-order valence-corrected chi connectivity index (χ0v) is 18.4. The number of anilines is 1. The molecule has 0 aromatic carbocycles. The molecule has 6 nitrogen and oxygen atoms in total. The van der Waals surface area contributed by atoms with E-state index in [1.165, 1.54) is 0 Å². The highest BCUT2D eigenvalue weighted by Crippen LogP contribution is 2.34. The highest BCUT2D eigenvalue weighted by Gasteiger charge is 2.29. The molecule has 1 aliphatic heterocycles. The highest BCUT2D eigenvalue weighted by atomic mass is 16.5. The molecule has 1 aliphatic rings. The normalized spacial score (nSPS) is 15.6. The van der Waals surface area contributed by atoms with Gasteiger partial charge in [0.1, 0.15) is 5.82 Å². The van der Waals surface area contributed by atoms with Crippen LogP contribution in [0.3, 0.4) is 0 Å². The second-order valence-corrected chi connectivity index (χ2v) is 9.07. The lowest BCUT2D eigenvalue weighted by Gasteiger charge is -2.31. The van der Waals surface area contributed by atoms with E-state index >= 15 is 0 Å². The van der Waals surface area contributed by atoms with Gasteiger partial charge in [-0.3, -0.25) is 9.97 Å². The summed E-state index contributed by atoms with van der Waals surface area (Å²) in [6, 6.07) is 6.20. The van der Waals surface area contributed by atoms with E-state index in [2.05, 4.69) is 49.7 Å². The minimum Gasteiger partial charge on any atom is -0.378 e.